The van der Waals surface area contributed by atoms with Crippen molar-refractivity contribution in [3.8, 4) is 11.5 Å². The molecule has 0 radical (unpaired) electrons. The second-order valence-electron chi connectivity index (χ2n) is 7.97. The van der Waals surface area contributed by atoms with Gasteiger partial charge in [-0.15, -0.1) is 15.7 Å². The number of rotatable bonds is 13. The number of likely N-dealkylation sites (N-methyl/N-ethyl adjacent to an activating group) is 1. The first-order valence-electron chi connectivity index (χ1n) is 11.8. The molecule has 2 heterocycles. The average molecular weight is 537 g/mol. The van der Waals surface area contributed by atoms with Crippen LogP contribution >= 0.6 is 23.1 Å². The Balaban J connectivity index is 1.75. The smallest absolute Gasteiger partial charge is 0.294 e. The number of thiophene rings is 1. The number of carbonyl (C=O) groups is 1. The van der Waals surface area contributed by atoms with Crippen molar-refractivity contribution in [2.24, 2.45) is 4.40 Å². The summed E-state index contributed by atoms with van der Waals surface area (Å²) in [5.74, 6) is 0.971. The molecule has 1 saturated heterocycles. The molecule has 0 aliphatic carbocycles. The number of carbonyl (C=O) groups excluding carboxylic acids is 1. The van der Waals surface area contributed by atoms with Gasteiger partial charge in [0, 0.05) is 6.54 Å². The molecule has 1 aromatic carbocycles. The molecule has 0 bridgehead atoms. The van der Waals surface area contributed by atoms with E-state index in [0.29, 0.717) is 29.6 Å². The van der Waals surface area contributed by atoms with Crippen molar-refractivity contribution in [1.29, 1.82) is 0 Å². The fourth-order valence-corrected chi connectivity index (χ4v) is 6.74. The molecule has 0 saturated carbocycles. The normalized spacial score (nSPS) is 16.4. The van der Waals surface area contributed by atoms with E-state index >= 15 is 0 Å². The Morgan fingerprint density at radius 3 is 2.51 bits per heavy atom. The van der Waals surface area contributed by atoms with Crippen LogP contribution in [0.4, 0.5) is 0 Å². The highest BCUT2D eigenvalue weighted by atomic mass is 32.2. The lowest BCUT2D eigenvalue weighted by molar-refractivity contribution is -0.122. The summed E-state index contributed by atoms with van der Waals surface area (Å²) in [6.07, 6.45) is 8.78. The van der Waals surface area contributed by atoms with Crippen molar-refractivity contribution in [2.45, 2.75) is 56.6 Å². The summed E-state index contributed by atoms with van der Waals surface area (Å²) in [5.41, 5.74) is 0.762. The number of nitrogens with zero attached hydrogens (tertiary/aromatic N) is 2. The third-order valence-electron chi connectivity index (χ3n) is 5.39. The molecule has 7 nitrogen and oxygen atoms in total. The van der Waals surface area contributed by atoms with Crippen LogP contribution in [0.1, 0.15) is 57.9 Å². The maximum Gasteiger partial charge on any atom is 0.294 e. The second-order valence-corrected chi connectivity index (χ2v) is 11.8. The maximum absolute atomic E-state index is 13.0. The van der Waals surface area contributed by atoms with Crippen LogP contribution in [0.15, 0.2) is 49.2 Å². The van der Waals surface area contributed by atoms with E-state index in [0.717, 1.165) is 41.5 Å². The fourth-order valence-electron chi connectivity index (χ4n) is 3.52. The Morgan fingerprint density at radius 2 is 1.83 bits per heavy atom. The zero-order valence-corrected chi connectivity index (χ0v) is 22.8. The van der Waals surface area contributed by atoms with E-state index in [1.165, 1.54) is 36.6 Å². The topological polar surface area (TPSA) is 85.3 Å². The number of benzene rings is 1. The lowest BCUT2D eigenvalue weighted by Gasteiger charge is -2.12. The maximum atomic E-state index is 13.0. The molecule has 190 valence electrons. The molecular weight excluding hydrogens is 504 g/mol. The molecule has 10 heteroatoms. The second kappa shape index (κ2) is 13.1. The summed E-state index contributed by atoms with van der Waals surface area (Å²) in [4.78, 5) is 14.7. The van der Waals surface area contributed by atoms with Gasteiger partial charge in [-0.05, 0) is 60.3 Å². The number of sulfonamides is 1. The van der Waals surface area contributed by atoms with Gasteiger partial charge in [-0.3, -0.25) is 9.69 Å². The number of hydrogen-bond donors (Lipinski definition) is 0. The Kier molecular flexibility index (Phi) is 10.2. The fraction of sp³-hybridized carbons (Fsp3) is 0.440. The predicted molar refractivity (Wildman–Crippen MR) is 144 cm³/mol. The minimum atomic E-state index is -3.87. The zero-order valence-electron chi connectivity index (χ0n) is 20.4. The number of thioether (sulfide) groups is 1. The Morgan fingerprint density at radius 1 is 1.06 bits per heavy atom. The van der Waals surface area contributed by atoms with Crippen LogP contribution in [0.5, 0.6) is 11.5 Å². The number of amides is 1. The van der Waals surface area contributed by atoms with Gasteiger partial charge in [0.1, 0.15) is 4.21 Å². The molecule has 1 aliphatic heterocycles. The van der Waals surface area contributed by atoms with Gasteiger partial charge in [-0.2, -0.15) is 8.42 Å². The standard InChI is InChI=1S/C25H32N2O5S3/c1-4-6-7-8-9-10-15-32-21-17-19(13-14-20(21)31-3)18-22-24(28)27(5-2)25(34-22)26-35(29,30)23-12-11-16-33-23/h11-14,16-18H,4-10,15H2,1-3H3/b22-18-,26-25?. The SMILES string of the molecule is CCCCCCCCOc1cc(/C=C2\SC(=NS(=O)(=O)c3cccs3)N(CC)C2=O)ccc1OC. The summed E-state index contributed by atoms with van der Waals surface area (Å²) in [6, 6.07) is 8.64. The number of ether oxygens (including phenoxy) is 2. The van der Waals surface area contributed by atoms with Crippen LogP contribution in [-0.2, 0) is 14.8 Å². The Hall–Kier alpha value is -2.30. The van der Waals surface area contributed by atoms with Gasteiger partial charge in [-0.1, -0.05) is 51.2 Å². The van der Waals surface area contributed by atoms with Gasteiger partial charge in [0.25, 0.3) is 15.9 Å². The van der Waals surface area contributed by atoms with E-state index in [-0.39, 0.29) is 15.3 Å². The molecule has 0 atom stereocenters. The summed E-state index contributed by atoms with van der Waals surface area (Å²) < 4.78 is 40.7. The number of hydrogen-bond acceptors (Lipinski definition) is 7. The first kappa shape index (κ1) is 27.3. The third-order valence-corrected chi connectivity index (χ3v) is 9.15. The van der Waals surface area contributed by atoms with Crippen LogP contribution in [0.2, 0.25) is 0 Å². The molecule has 1 amide bonds. The first-order chi connectivity index (χ1) is 16.9. The summed E-state index contributed by atoms with van der Waals surface area (Å²) in [7, 11) is -2.28. The van der Waals surface area contributed by atoms with Crippen molar-refractivity contribution in [1.82, 2.24) is 4.90 Å². The predicted octanol–water partition coefficient (Wildman–Crippen LogP) is 6.18. The van der Waals surface area contributed by atoms with Gasteiger partial charge in [0.2, 0.25) is 0 Å². The summed E-state index contributed by atoms with van der Waals surface area (Å²) in [6.45, 7) is 4.90. The lowest BCUT2D eigenvalue weighted by Crippen LogP contribution is -2.29. The van der Waals surface area contributed by atoms with Crippen LogP contribution in [0.3, 0.4) is 0 Å². The average Bonchev–Trinajstić information content (AvgIpc) is 3.48. The summed E-state index contributed by atoms with van der Waals surface area (Å²) in [5, 5.41) is 1.84. The van der Waals surface area contributed by atoms with Gasteiger partial charge in [0.15, 0.2) is 16.7 Å². The minimum Gasteiger partial charge on any atom is -0.493 e. The molecule has 35 heavy (non-hydrogen) atoms. The molecule has 1 fully saturated rings. The van der Waals surface area contributed by atoms with Crippen molar-refractivity contribution >= 4 is 50.3 Å². The number of amidine groups is 1. The number of unbranched alkanes of at least 4 members (excludes halogenated alkanes) is 5. The molecule has 0 spiro atoms. The van der Waals surface area contributed by atoms with E-state index in [1.807, 2.05) is 12.1 Å². The van der Waals surface area contributed by atoms with Crippen molar-refractivity contribution in [3.05, 3.63) is 46.2 Å². The lowest BCUT2D eigenvalue weighted by atomic mass is 10.1. The third kappa shape index (κ3) is 7.35. The van der Waals surface area contributed by atoms with E-state index in [9.17, 15) is 13.2 Å². The first-order valence-corrected chi connectivity index (χ1v) is 14.9. The van der Waals surface area contributed by atoms with Crippen LogP contribution in [-0.4, -0.2) is 44.7 Å². The number of methoxy groups -OCH3 is 1. The largest absolute Gasteiger partial charge is 0.493 e. The van der Waals surface area contributed by atoms with Crippen molar-refractivity contribution in [3.63, 3.8) is 0 Å². The van der Waals surface area contributed by atoms with Crippen LogP contribution in [0, 0.1) is 0 Å². The highest BCUT2D eigenvalue weighted by molar-refractivity contribution is 8.19. The van der Waals surface area contributed by atoms with Gasteiger partial charge in [0.05, 0.1) is 18.6 Å². The van der Waals surface area contributed by atoms with E-state index in [4.69, 9.17) is 9.47 Å². The van der Waals surface area contributed by atoms with Crippen LogP contribution < -0.4 is 9.47 Å². The van der Waals surface area contributed by atoms with Gasteiger partial charge >= 0.3 is 0 Å². The Bertz CT molecular complexity index is 1160. The van der Waals surface area contributed by atoms with Crippen LogP contribution in [0.25, 0.3) is 6.08 Å². The summed E-state index contributed by atoms with van der Waals surface area (Å²) >= 11 is 2.15. The molecule has 2 aromatic rings. The van der Waals surface area contributed by atoms with Gasteiger partial charge in [-0.25, -0.2) is 0 Å². The van der Waals surface area contributed by atoms with Crippen molar-refractivity contribution in [2.75, 3.05) is 20.3 Å². The van der Waals surface area contributed by atoms with E-state index in [2.05, 4.69) is 11.3 Å². The van der Waals surface area contributed by atoms with Crippen molar-refractivity contribution < 1.29 is 22.7 Å². The molecule has 1 aromatic heterocycles. The van der Waals surface area contributed by atoms with E-state index < -0.39 is 10.0 Å². The highest BCUT2D eigenvalue weighted by Gasteiger charge is 2.34. The molecule has 3 rings (SSSR count). The minimum absolute atomic E-state index is 0.147. The highest BCUT2D eigenvalue weighted by Crippen LogP contribution is 2.35. The molecule has 0 unspecified atom stereocenters. The quantitative estimate of drug-likeness (QED) is 0.225. The van der Waals surface area contributed by atoms with E-state index in [1.54, 1.807) is 37.6 Å². The monoisotopic (exact) mass is 536 g/mol. The Labute approximate surface area is 216 Å². The van der Waals surface area contributed by atoms with Gasteiger partial charge < -0.3 is 9.47 Å². The molecular formula is C25H32N2O5S3. The zero-order chi connectivity index (χ0) is 25.3. The molecule has 0 N–H and O–H groups in total. The molecule has 1 aliphatic rings.